The zero-order chi connectivity index (χ0) is 18.6. The maximum Gasteiger partial charge on any atom is 0.461 e. The van der Waals surface area contributed by atoms with Gasteiger partial charge in [-0.1, -0.05) is 30.3 Å². The Morgan fingerprint density at radius 2 is 1.67 bits per heavy atom. The first-order valence-corrected chi connectivity index (χ1v) is 8.05. The lowest BCUT2D eigenvalue weighted by Crippen LogP contribution is -2.43. The molecule has 0 fully saturated rings. The summed E-state index contributed by atoms with van der Waals surface area (Å²) in [4.78, 5) is 11.1. The molecule has 0 amide bonds. The van der Waals surface area contributed by atoms with Gasteiger partial charge in [0.1, 0.15) is 6.10 Å². The molecule has 0 aliphatic rings. The molecule has 11 heteroatoms. The molecule has 0 aromatic heterocycles. The Balaban J connectivity index is 2.75. The Hall–Kier alpha value is -1.59. The number of hydrogen-bond donors (Lipinski definition) is 1. The van der Waals surface area contributed by atoms with Gasteiger partial charge in [0, 0.05) is 6.42 Å². The maximum atomic E-state index is 12.8. The predicted octanol–water partition coefficient (Wildman–Crippen LogP) is 2.88. The number of Topliss-reactive ketones (excluding diaryl/α,β-unsaturated/α-hetero) is 1. The van der Waals surface area contributed by atoms with Crippen molar-refractivity contribution in [2.24, 2.45) is 5.14 Å². The standard InChI is InChI=1S/C13H14F5NO4S/c14-12(15,13(16,17)18)11(20)8-4-7-10(23-24(19,21)22)9-5-2-1-3-6-9/h1-3,5-6,10H,4,7-8H2,(H2,19,21,22). The van der Waals surface area contributed by atoms with Gasteiger partial charge in [0.2, 0.25) is 5.78 Å². The van der Waals surface area contributed by atoms with Crippen LogP contribution >= 0.6 is 0 Å². The van der Waals surface area contributed by atoms with Crippen LogP contribution in [0, 0.1) is 0 Å². The van der Waals surface area contributed by atoms with Crippen LogP contribution in [0.3, 0.4) is 0 Å². The van der Waals surface area contributed by atoms with Crippen molar-refractivity contribution >= 4 is 16.1 Å². The van der Waals surface area contributed by atoms with Gasteiger partial charge in [-0.3, -0.25) is 8.98 Å². The van der Waals surface area contributed by atoms with Crippen LogP contribution in [0.1, 0.15) is 30.9 Å². The summed E-state index contributed by atoms with van der Waals surface area (Å²) in [5.41, 5.74) is 0.321. The summed E-state index contributed by atoms with van der Waals surface area (Å²) in [6.07, 6.45) is -9.00. The van der Waals surface area contributed by atoms with Crippen molar-refractivity contribution in [2.75, 3.05) is 0 Å². The molecule has 2 N–H and O–H groups in total. The zero-order valence-corrected chi connectivity index (χ0v) is 12.9. The highest BCUT2D eigenvalue weighted by Gasteiger charge is 2.62. The topological polar surface area (TPSA) is 86.5 Å². The molecular formula is C13H14F5NO4S. The van der Waals surface area contributed by atoms with E-state index in [4.69, 9.17) is 5.14 Å². The fraction of sp³-hybridized carbons (Fsp3) is 0.462. The summed E-state index contributed by atoms with van der Waals surface area (Å²) in [5, 5.41) is 4.75. The monoisotopic (exact) mass is 375 g/mol. The fourth-order valence-electron chi connectivity index (χ4n) is 1.86. The summed E-state index contributed by atoms with van der Waals surface area (Å²) < 4.78 is 88.5. The zero-order valence-electron chi connectivity index (χ0n) is 12.1. The Bertz CT molecular complexity index is 661. The quantitative estimate of drug-likeness (QED) is 0.708. The molecule has 0 spiro atoms. The van der Waals surface area contributed by atoms with Gasteiger partial charge in [-0.05, 0) is 18.4 Å². The molecule has 24 heavy (non-hydrogen) atoms. The lowest BCUT2D eigenvalue weighted by Gasteiger charge is -2.19. The van der Waals surface area contributed by atoms with Crippen molar-refractivity contribution in [2.45, 2.75) is 37.5 Å². The minimum Gasteiger partial charge on any atom is -0.293 e. The SMILES string of the molecule is NS(=O)(=O)OC(CCCC(=O)C(F)(F)C(F)(F)F)c1ccccc1. The highest BCUT2D eigenvalue weighted by molar-refractivity contribution is 7.84. The van der Waals surface area contributed by atoms with E-state index in [-0.39, 0.29) is 6.42 Å². The molecule has 5 nitrogen and oxygen atoms in total. The highest BCUT2D eigenvalue weighted by Crippen LogP contribution is 2.37. The molecule has 0 aliphatic carbocycles. The van der Waals surface area contributed by atoms with E-state index in [1.807, 2.05) is 0 Å². The van der Waals surface area contributed by atoms with Crippen molar-refractivity contribution in [3.8, 4) is 0 Å². The van der Waals surface area contributed by atoms with Gasteiger partial charge in [0.15, 0.2) is 0 Å². The number of carbonyl (C=O) groups is 1. The second-order valence-corrected chi connectivity index (χ2v) is 6.05. The first-order chi connectivity index (χ1) is 10.8. The van der Waals surface area contributed by atoms with Crippen LogP contribution in [0.2, 0.25) is 0 Å². The summed E-state index contributed by atoms with van der Waals surface area (Å²) >= 11 is 0. The molecule has 1 rings (SSSR count). The average Bonchev–Trinajstić information content (AvgIpc) is 2.44. The summed E-state index contributed by atoms with van der Waals surface area (Å²) in [6.45, 7) is 0. The van der Waals surface area contributed by atoms with E-state index in [0.717, 1.165) is 0 Å². The fourth-order valence-corrected chi connectivity index (χ4v) is 2.39. The van der Waals surface area contributed by atoms with Gasteiger partial charge in [0.05, 0.1) is 0 Å². The van der Waals surface area contributed by atoms with Crippen LogP contribution in [0.15, 0.2) is 30.3 Å². The van der Waals surface area contributed by atoms with Crippen LogP contribution in [-0.4, -0.2) is 26.3 Å². The van der Waals surface area contributed by atoms with Crippen molar-refractivity contribution in [1.29, 1.82) is 0 Å². The Morgan fingerprint density at radius 3 is 2.12 bits per heavy atom. The molecule has 0 saturated carbocycles. The average molecular weight is 375 g/mol. The number of nitrogens with two attached hydrogens (primary N) is 1. The van der Waals surface area contributed by atoms with Crippen LogP contribution < -0.4 is 5.14 Å². The van der Waals surface area contributed by atoms with Crippen LogP contribution in [-0.2, 0) is 19.3 Å². The number of ketones is 1. The third kappa shape index (κ3) is 5.80. The molecule has 1 aromatic carbocycles. The number of alkyl halides is 5. The second-order valence-electron chi connectivity index (χ2n) is 4.88. The Kier molecular flexibility index (Phi) is 6.42. The largest absolute Gasteiger partial charge is 0.461 e. The number of benzene rings is 1. The number of rotatable bonds is 8. The minimum absolute atomic E-state index is 0.292. The predicted molar refractivity (Wildman–Crippen MR) is 73.2 cm³/mol. The van der Waals surface area contributed by atoms with E-state index in [0.29, 0.717) is 5.56 Å². The molecule has 0 aliphatic heterocycles. The van der Waals surface area contributed by atoms with E-state index >= 15 is 0 Å². The molecule has 0 saturated heterocycles. The van der Waals surface area contributed by atoms with Gasteiger partial charge >= 0.3 is 22.4 Å². The van der Waals surface area contributed by atoms with Gasteiger partial charge < -0.3 is 0 Å². The number of hydrogen-bond acceptors (Lipinski definition) is 4. The highest BCUT2D eigenvalue weighted by atomic mass is 32.2. The molecule has 0 bridgehead atoms. The van der Waals surface area contributed by atoms with Crippen molar-refractivity contribution in [1.82, 2.24) is 0 Å². The normalized spacial score (nSPS) is 14.4. The maximum absolute atomic E-state index is 12.8. The van der Waals surface area contributed by atoms with Crippen molar-refractivity contribution < 1.29 is 39.3 Å². The molecule has 1 aromatic rings. The van der Waals surface area contributed by atoms with E-state index < -0.39 is 47.1 Å². The van der Waals surface area contributed by atoms with E-state index in [1.165, 1.54) is 24.3 Å². The first kappa shape index (κ1) is 20.5. The first-order valence-electron chi connectivity index (χ1n) is 6.58. The van der Waals surface area contributed by atoms with Crippen LogP contribution in [0.5, 0.6) is 0 Å². The van der Waals surface area contributed by atoms with E-state index in [9.17, 15) is 35.2 Å². The molecular weight excluding hydrogens is 361 g/mol. The molecule has 0 radical (unpaired) electrons. The summed E-state index contributed by atoms with van der Waals surface area (Å²) in [5.74, 6) is -7.74. The smallest absolute Gasteiger partial charge is 0.293 e. The lowest BCUT2D eigenvalue weighted by molar-refractivity contribution is -0.268. The molecule has 136 valence electrons. The van der Waals surface area contributed by atoms with Crippen molar-refractivity contribution in [3.63, 3.8) is 0 Å². The summed E-state index contributed by atoms with van der Waals surface area (Å²) in [6, 6.07) is 7.62. The second kappa shape index (κ2) is 7.53. The summed E-state index contributed by atoms with van der Waals surface area (Å²) in [7, 11) is -4.39. The van der Waals surface area contributed by atoms with Gasteiger partial charge in [0.25, 0.3) is 0 Å². The van der Waals surface area contributed by atoms with Crippen LogP contribution in [0.25, 0.3) is 0 Å². The Labute approximate surface area is 134 Å². The van der Waals surface area contributed by atoms with E-state index in [1.54, 1.807) is 6.07 Å². The van der Waals surface area contributed by atoms with Gasteiger partial charge in [-0.2, -0.15) is 30.4 Å². The van der Waals surface area contributed by atoms with Crippen LogP contribution in [0.4, 0.5) is 22.0 Å². The molecule has 0 heterocycles. The molecule has 1 unspecified atom stereocenters. The molecule has 1 atom stereocenters. The third-order valence-electron chi connectivity index (χ3n) is 3.00. The van der Waals surface area contributed by atoms with Gasteiger partial charge in [-0.25, -0.2) is 5.14 Å². The Morgan fingerprint density at radius 1 is 1.12 bits per heavy atom. The minimum atomic E-state index is -5.97. The van der Waals surface area contributed by atoms with Crippen molar-refractivity contribution in [3.05, 3.63) is 35.9 Å². The van der Waals surface area contributed by atoms with Gasteiger partial charge in [-0.15, -0.1) is 0 Å². The van der Waals surface area contributed by atoms with E-state index in [2.05, 4.69) is 4.18 Å². The number of halogens is 5. The lowest BCUT2D eigenvalue weighted by atomic mass is 10.0. The third-order valence-corrected chi connectivity index (χ3v) is 3.50. The number of carbonyl (C=O) groups excluding carboxylic acids is 1.